The van der Waals surface area contributed by atoms with Crippen molar-refractivity contribution in [1.29, 1.82) is 0 Å². The molecular weight excluding hydrogens is 477 g/mol. The molecule has 0 saturated heterocycles. The third-order valence-corrected chi connectivity index (χ3v) is 4.99. The Kier molecular flexibility index (Phi) is 15.1. The predicted molar refractivity (Wildman–Crippen MR) is 141 cm³/mol. The summed E-state index contributed by atoms with van der Waals surface area (Å²) in [6, 6.07) is 4.23. The SMILES string of the molecule is [B]OC=N[C@@H](Cc1ccc(OCC=C)cc1)C(=O)N[C@@H](CC(C)C)C(=O)N[C@@H](COCC=C)C(=O)OC. The van der Waals surface area contributed by atoms with Crippen molar-refractivity contribution in [3.8, 4) is 5.75 Å². The molecule has 0 aliphatic carbocycles. The van der Waals surface area contributed by atoms with Crippen molar-refractivity contribution in [2.75, 3.05) is 26.9 Å². The molecule has 0 aliphatic heterocycles. The molecule has 0 bridgehead atoms. The summed E-state index contributed by atoms with van der Waals surface area (Å²) in [5, 5.41) is 5.34. The molecule has 0 aliphatic rings. The van der Waals surface area contributed by atoms with E-state index in [0.29, 0.717) is 18.8 Å². The third-order valence-electron chi connectivity index (χ3n) is 4.99. The number of hydrogen-bond acceptors (Lipinski definition) is 8. The van der Waals surface area contributed by atoms with Gasteiger partial charge in [0, 0.05) is 6.42 Å². The number of methoxy groups -OCH3 is 1. The van der Waals surface area contributed by atoms with E-state index < -0.39 is 35.9 Å². The van der Waals surface area contributed by atoms with Gasteiger partial charge in [-0.3, -0.25) is 9.59 Å². The van der Waals surface area contributed by atoms with Crippen molar-refractivity contribution in [2.45, 2.75) is 44.8 Å². The molecule has 0 spiro atoms. The van der Waals surface area contributed by atoms with E-state index in [-0.39, 0.29) is 25.6 Å². The molecule has 0 aromatic heterocycles. The maximum absolute atomic E-state index is 13.2. The van der Waals surface area contributed by atoms with Gasteiger partial charge in [-0.25, -0.2) is 9.79 Å². The average Bonchev–Trinajstić information content (AvgIpc) is 2.88. The number of aliphatic imine (C=N–C) groups is 1. The van der Waals surface area contributed by atoms with E-state index in [1.54, 1.807) is 30.3 Å². The minimum Gasteiger partial charge on any atom is -0.560 e. The summed E-state index contributed by atoms with van der Waals surface area (Å²) >= 11 is 0. The summed E-state index contributed by atoms with van der Waals surface area (Å²) in [5.41, 5.74) is 0.801. The first-order chi connectivity index (χ1) is 17.7. The number of carbonyl (C=O) groups is 3. The number of nitrogens with one attached hydrogen (secondary N) is 2. The molecule has 1 aromatic carbocycles. The number of nitrogens with zero attached hydrogens (tertiary/aromatic N) is 1. The van der Waals surface area contributed by atoms with E-state index in [1.165, 1.54) is 13.2 Å². The molecule has 1 rings (SSSR count). The van der Waals surface area contributed by atoms with Crippen LogP contribution in [0, 0.1) is 5.92 Å². The molecule has 0 unspecified atom stereocenters. The van der Waals surface area contributed by atoms with Crippen LogP contribution >= 0.6 is 0 Å². The van der Waals surface area contributed by atoms with E-state index >= 15 is 0 Å². The quantitative estimate of drug-likeness (QED) is 0.0765. The highest BCUT2D eigenvalue weighted by molar-refractivity contribution is 6.02. The summed E-state index contributed by atoms with van der Waals surface area (Å²) in [5.74, 6) is -1.03. The van der Waals surface area contributed by atoms with Crippen LogP contribution in [0.3, 0.4) is 0 Å². The van der Waals surface area contributed by atoms with Crippen LogP contribution in [0.2, 0.25) is 0 Å². The largest absolute Gasteiger partial charge is 0.560 e. The Morgan fingerprint density at radius 3 is 2.24 bits per heavy atom. The fraction of sp³-hybridized carbons (Fsp3) is 0.462. The van der Waals surface area contributed by atoms with Crippen molar-refractivity contribution in [2.24, 2.45) is 10.9 Å². The van der Waals surface area contributed by atoms with Gasteiger partial charge in [0.15, 0.2) is 12.4 Å². The molecule has 0 saturated carbocycles. The molecule has 1 aromatic rings. The van der Waals surface area contributed by atoms with E-state index in [1.807, 2.05) is 13.8 Å². The first-order valence-electron chi connectivity index (χ1n) is 11.8. The normalized spacial score (nSPS) is 13.3. The summed E-state index contributed by atoms with van der Waals surface area (Å²) in [6.45, 7) is 11.4. The van der Waals surface area contributed by atoms with Crippen LogP contribution < -0.4 is 15.4 Å². The first kappa shape index (κ1) is 31.4. The third kappa shape index (κ3) is 12.3. The first-order valence-corrected chi connectivity index (χ1v) is 11.8. The number of benzene rings is 1. The monoisotopic (exact) mass is 513 g/mol. The molecule has 0 heterocycles. The minimum atomic E-state index is -1.05. The maximum Gasteiger partial charge on any atom is 0.375 e. The minimum absolute atomic E-state index is 0.0575. The number of rotatable bonds is 18. The van der Waals surface area contributed by atoms with Gasteiger partial charge in [0.05, 0.1) is 20.3 Å². The fourth-order valence-corrected chi connectivity index (χ4v) is 3.25. The molecule has 2 N–H and O–H groups in total. The van der Waals surface area contributed by atoms with E-state index in [0.717, 1.165) is 12.0 Å². The number of amides is 2. The highest BCUT2D eigenvalue weighted by atomic mass is 16.5. The second-order valence-electron chi connectivity index (χ2n) is 8.46. The van der Waals surface area contributed by atoms with E-state index in [9.17, 15) is 14.4 Å². The molecule has 200 valence electrons. The summed E-state index contributed by atoms with van der Waals surface area (Å²) < 4.78 is 20.0. The van der Waals surface area contributed by atoms with Crippen molar-refractivity contribution in [1.82, 2.24) is 10.6 Å². The van der Waals surface area contributed by atoms with Crippen molar-refractivity contribution < 1.29 is 33.2 Å². The molecule has 2 radical (unpaired) electrons. The van der Waals surface area contributed by atoms with Crippen LogP contribution in [-0.4, -0.2) is 77.3 Å². The smallest absolute Gasteiger partial charge is 0.375 e. The molecular formula is C26H36BN3O7. The Morgan fingerprint density at radius 2 is 1.68 bits per heavy atom. The second-order valence-corrected chi connectivity index (χ2v) is 8.46. The van der Waals surface area contributed by atoms with Gasteiger partial charge < -0.3 is 29.5 Å². The highest BCUT2D eigenvalue weighted by Crippen LogP contribution is 2.15. The van der Waals surface area contributed by atoms with E-state index in [2.05, 4.69) is 33.4 Å². The van der Waals surface area contributed by atoms with Gasteiger partial charge in [-0.1, -0.05) is 44.7 Å². The Balaban J connectivity index is 3.00. The second kappa shape index (κ2) is 17.8. The summed E-state index contributed by atoms with van der Waals surface area (Å²) in [6.07, 6.45) is 4.65. The van der Waals surface area contributed by atoms with Crippen LogP contribution in [0.1, 0.15) is 25.8 Å². The lowest BCUT2D eigenvalue weighted by molar-refractivity contribution is -0.147. The molecule has 2 amide bonds. The predicted octanol–water partition coefficient (Wildman–Crippen LogP) is 1.68. The van der Waals surface area contributed by atoms with Crippen molar-refractivity contribution >= 4 is 32.2 Å². The standard InChI is InChI=1S/C26H36BN3O7/c1-6-12-35-16-23(26(33)34-5)30-25(32)22(14-18(3)4)29-24(31)21(28-17-37-27)15-19-8-10-20(11-9-19)36-13-7-2/h6-11,17-18,21-23H,1-2,12-16H2,3-5H3,(H,29,31)(H,30,32)/t21-,22-,23-/m0/s1. The average molecular weight is 513 g/mol. The van der Waals surface area contributed by atoms with E-state index in [4.69, 9.17) is 22.3 Å². The lowest BCUT2D eigenvalue weighted by Crippen LogP contribution is -2.55. The lowest BCUT2D eigenvalue weighted by atomic mass is 10.0. The summed E-state index contributed by atoms with van der Waals surface area (Å²) in [4.78, 5) is 42.5. The number of ether oxygens (including phenoxy) is 3. The Bertz CT molecular complexity index is 906. The molecule has 37 heavy (non-hydrogen) atoms. The van der Waals surface area contributed by atoms with Gasteiger partial charge >= 0.3 is 14.0 Å². The van der Waals surface area contributed by atoms with Crippen LogP contribution in [0.25, 0.3) is 0 Å². The van der Waals surface area contributed by atoms with Gasteiger partial charge in [0.1, 0.15) is 24.4 Å². The zero-order valence-electron chi connectivity index (χ0n) is 21.7. The molecule has 10 nitrogen and oxygen atoms in total. The van der Waals surface area contributed by atoms with Gasteiger partial charge in [-0.2, -0.15) is 0 Å². The molecule has 11 heteroatoms. The summed E-state index contributed by atoms with van der Waals surface area (Å²) in [7, 11) is 6.28. The van der Waals surface area contributed by atoms with Gasteiger partial charge in [0.2, 0.25) is 11.8 Å². The lowest BCUT2D eigenvalue weighted by Gasteiger charge is -2.24. The Labute approximate surface area is 219 Å². The van der Waals surface area contributed by atoms with Crippen molar-refractivity contribution in [3.05, 3.63) is 55.1 Å². The number of esters is 1. The molecule has 3 atom stereocenters. The van der Waals surface area contributed by atoms with Crippen LogP contribution in [0.5, 0.6) is 5.75 Å². The zero-order valence-corrected chi connectivity index (χ0v) is 21.7. The van der Waals surface area contributed by atoms with Crippen LogP contribution in [0.4, 0.5) is 0 Å². The highest BCUT2D eigenvalue weighted by Gasteiger charge is 2.30. The Morgan fingerprint density at radius 1 is 1.03 bits per heavy atom. The van der Waals surface area contributed by atoms with Crippen molar-refractivity contribution in [3.63, 3.8) is 0 Å². The van der Waals surface area contributed by atoms with Crippen LogP contribution in [0.15, 0.2) is 54.6 Å². The van der Waals surface area contributed by atoms with Gasteiger partial charge in [0.25, 0.3) is 0 Å². The fourth-order valence-electron chi connectivity index (χ4n) is 3.25. The topological polar surface area (TPSA) is 125 Å². The zero-order chi connectivity index (χ0) is 27.6. The number of hydrogen-bond donors (Lipinski definition) is 2. The van der Waals surface area contributed by atoms with Crippen LogP contribution in [-0.2, 0) is 34.9 Å². The van der Waals surface area contributed by atoms with Gasteiger partial charge in [-0.15, -0.1) is 6.58 Å². The number of carbonyl (C=O) groups excluding carboxylic acids is 3. The molecule has 0 fully saturated rings. The Hall–Kier alpha value is -3.60. The maximum atomic E-state index is 13.2. The van der Waals surface area contributed by atoms with Gasteiger partial charge in [-0.05, 0) is 30.0 Å².